The van der Waals surface area contributed by atoms with Gasteiger partial charge in [0.15, 0.2) is 4.90 Å². The van der Waals surface area contributed by atoms with E-state index < -0.39 is 26.6 Å². The smallest absolute Gasteiger partial charge is 0.249 e. The van der Waals surface area contributed by atoms with Crippen molar-refractivity contribution in [2.75, 3.05) is 31.1 Å². The third-order valence-corrected chi connectivity index (χ3v) is 6.07. The molecular formula is C17H18F2N2O2S. The minimum absolute atomic E-state index is 0.185. The van der Waals surface area contributed by atoms with Gasteiger partial charge in [0, 0.05) is 31.9 Å². The summed E-state index contributed by atoms with van der Waals surface area (Å²) in [6, 6.07) is 11.0. The zero-order valence-corrected chi connectivity index (χ0v) is 14.1. The molecule has 3 rings (SSSR count). The maximum Gasteiger partial charge on any atom is 0.249 e. The zero-order chi connectivity index (χ0) is 17.3. The Morgan fingerprint density at radius 3 is 2.08 bits per heavy atom. The predicted octanol–water partition coefficient (Wildman–Crippen LogP) is 2.78. The summed E-state index contributed by atoms with van der Waals surface area (Å²) < 4.78 is 53.9. The molecule has 128 valence electrons. The fourth-order valence-electron chi connectivity index (χ4n) is 2.87. The molecule has 0 amide bonds. The Balaban J connectivity index is 1.79. The van der Waals surface area contributed by atoms with Gasteiger partial charge in [0.05, 0.1) is 0 Å². The molecular weight excluding hydrogens is 334 g/mol. The highest BCUT2D eigenvalue weighted by molar-refractivity contribution is 7.89. The molecule has 0 spiro atoms. The molecule has 0 saturated carbocycles. The molecule has 7 heteroatoms. The van der Waals surface area contributed by atoms with Gasteiger partial charge in [-0.05, 0) is 36.8 Å². The average molecular weight is 352 g/mol. The number of piperazine rings is 1. The van der Waals surface area contributed by atoms with Crippen LogP contribution < -0.4 is 4.90 Å². The number of sulfonamides is 1. The van der Waals surface area contributed by atoms with Gasteiger partial charge >= 0.3 is 0 Å². The fraction of sp³-hybridized carbons (Fsp3) is 0.294. The minimum atomic E-state index is -4.18. The quantitative estimate of drug-likeness (QED) is 0.853. The van der Waals surface area contributed by atoms with Crippen molar-refractivity contribution in [3.8, 4) is 0 Å². The van der Waals surface area contributed by atoms with Crippen molar-refractivity contribution in [3.63, 3.8) is 0 Å². The molecule has 1 saturated heterocycles. The Hall–Kier alpha value is -1.99. The van der Waals surface area contributed by atoms with Gasteiger partial charge in [-0.3, -0.25) is 0 Å². The van der Waals surface area contributed by atoms with E-state index in [1.54, 1.807) is 0 Å². The topological polar surface area (TPSA) is 40.6 Å². The first-order chi connectivity index (χ1) is 11.4. The lowest BCUT2D eigenvalue weighted by atomic mass is 10.2. The molecule has 0 atom stereocenters. The number of halogens is 2. The van der Waals surface area contributed by atoms with Crippen LogP contribution in [0.15, 0.2) is 47.4 Å². The lowest BCUT2D eigenvalue weighted by molar-refractivity contribution is 0.378. The lowest BCUT2D eigenvalue weighted by Gasteiger charge is -2.35. The van der Waals surface area contributed by atoms with Gasteiger partial charge in [0.2, 0.25) is 10.0 Å². The number of aryl methyl sites for hydroxylation is 1. The minimum Gasteiger partial charge on any atom is -0.369 e. The molecule has 24 heavy (non-hydrogen) atoms. The van der Waals surface area contributed by atoms with Crippen molar-refractivity contribution in [1.29, 1.82) is 0 Å². The van der Waals surface area contributed by atoms with Crippen LogP contribution in [0.5, 0.6) is 0 Å². The van der Waals surface area contributed by atoms with E-state index in [1.807, 2.05) is 31.2 Å². The third-order valence-electron chi connectivity index (χ3n) is 4.12. The van der Waals surface area contributed by atoms with Gasteiger partial charge in [-0.2, -0.15) is 4.31 Å². The maximum absolute atomic E-state index is 13.8. The number of benzene rings is 2. The average Bonchev–Trinajstić information content (AvgIpc) is 2.54. The summed E-state index contributed by atoms with van der Waals surface area (Å²) in [4.78, 5) is 1.20. The first kappa shape index (κ1) is 16.9. The van der Waals surface area contributed by atoms with Gasteiger partial charge in [-0.1, -0.05) is 18.2 Å². The van der Waals surface area contributed by atoms with E-state index in [-0.39, 0.29) is 13.1 Å². The summed E-state index contributed by atoms with van der Waals surface area (Å²) in [5.74, 6) is -2.12. The van der Waals surface area contributed by atoms with Crippen molar-refractivity contribution in [3.05, 3.63) is 59.7 Å². The van der Waals surface area contributed by atoms with Crippen LogP contribution in [0.4, 0.5) is 14.5 Å². The maximum atomic E-state index is 13.8. The van der Waals surface area contributed by atoms with Crippen molar-refractivity contribution in [1.82, 2.24) is 4.31 Å². The van der Waals surface area contributed by atoms with E-state index in [9.17, 15) is 17.2 Å². The molecule has 4 nitrogen and oxygen atoms in total. The van der Waals surface area contributed by atoms with Crippen LogP contribution in [0.2, 0.25) is 0 Å². The summed E-state index contributed by atoms with van der Waals surface area (Å²) in [5, 5.41) is 0. The van der Waals surface area contributed by atoms with Crippen molar-refractivity contribution in [2.24, 2.45) is 0 Å². The molecule has 0 N–H and O–H groups in total. The number of hydrogen-bond acceptors (Lipinski definition) is 3. The predicted molar refractivity (Wildman–Crippen MR) is 88.5 cm³/mol. The molecule has 2 aromatic carbocycles. The SMILES string of the molecule is Cc1cccc(N2CCN(S(=O)(=O)c3c(F)cccc3F)CC2)c1. The lowest BCUT2D eigenvalue weighted by Crippen LogP contribution is -2.49. The normalized spacial score (nSPS) is 16.4. The molecule has 0 unspecified atom stereocenters. The Labute approximate surface area is 140 Å². The van der Waals surface area contributed by atoms with E-state index in [0.717, 1.165) is 33.8 Å². The van der Waals surface area contributed by atoms with Crippen LogP contribution in [0.1, 0.15) is 5.56 Å². The number of anilines is 1. The summed E-state index contributed by atoms with van der Waals surface area (Å²) in [6.45, 7) is 3.30. The van der Waals surface area contributed by atoms with Crippen LogP contribution in [0.25, 0.3) is 0 Å². The summed E-state index contributed by atoms with van der Waals surface area (Å²) in [7, 11) is -4.18. The molecule has 1 aliphatic rings. The third kappa shape index (κ3) is 3.14. The van der Waals surface area contributed by atoms with E-state index in [2.05, 4.69) is 4.90 Å². The Morgan fingerprint density at radius 1 is 0.917 bits per heavy atom. The second-order valence-corrected chi connectivity index (χ2v) is 7.66. The highest BCUT2D eigenvalue weighted by atomic mass is 32.2. The Morgan fingerprint density at radius 2 is 1.50 bits per heavy atom. The van der Waals surface area contributed by atoms with Crippen molar-refractivity contribution >= 4 is 15.7 Å². The Kier molecular flexibility index (Phi) is 4.56. The molecule has 1 heterocycles. The van der Waals surface area contributed by atoms with Crippen LogP contribution >= 0.6 is 0 Å². The van der Waals surface area contributed by atoms with Crippen molar-refractivity contribution < 1.29 is 17.2 Å². The highest BCUT2D eigenvalue weighted by Gasteiger charge is 2.33. The number of hydrogen-bond donors (Lipinski definition) is 0. The van der Waals surface area contributed by atoms with E-state index >= 15 is 0 Å². The first-order valence-corrected chi connectivity index (χ1v) is 9.09. The number of rotatable bonds is 3. The summed E-state index contributed by atoms with van der Waals surface area (Å²) in [5.41, 5.74) is 2.14. The Bertz CT molecular complexity index is 827. The van der Waals surface area contributed by atoms with E-state index in [4.69, 9.17) is 0 Å². The van der Waals surface area contributed by atoms with Gasteiger partial charge < -0.3 is 4.90 Å². The first-order valence-electron chi connectivity index (χ1n) is 7.65. The van der Waals surface area contributed by atoms with Crippen LogP contribution in [-0.4, -0.2) is 38.9 Å². The molecule has 1 aliphatic heterocycles. The standard InChI is InChI=1S/C17H18F2N2O2S/c1-13-4-2-5-14(12-13)20-8-10-21(11-9-20)24(22,23)17-15(18)6-3-7-16(17)19/h2-7,12H,8-11H2,1H3. The molecule has 0 aliphatic carbocycles. The molecule has 0 radical (unpaired) electrons. The molecule has 2 aromatic rings. The van der Waals surface area contributed by atoms with E-state index in [0.29, 0.717) is 13.1 Å². The van der Waals surface area contributed by atoms with Gasteiger partial charge in [-0.15, -0.1) is 0 Å². The van der Waals surface area contributed by atoms with Crippen LogP contribution in [-0.2, 0) is 10.0 Å². The van der Waals surface area contributed by atoms with E-state index in [1.165, 1.54) is 0 Å². The van der Waals surface area contributed by atoms with Crippen LogP contribution in [0, 0.1) is 18.6 Å². The van der Waals surface area contributed by atoms with Crippen molar-refractivity contribution in [2.45, 2.75) is 11.8 Å². The highest BCUT2D eigenvalue weighted by Crippen LogP contribution is 2.25. The second kappa shape index (κ2) is 6.49. The van der Waals surface area contributed by atoms with Crippen LogP contribution in [0.3, 0.4) is 0 Å². The summed E-state index contributed by atoms with van der Waals surface area (Å²) in [6.07, 6.45) is 0. The van der Waals surface area contributed by atoms with Gasteiger partial charge in [0.25, 0.3) is 0 Å². The number of nitrogens with zero attached hydrogens (tertiary/aromatic N) is 2. The largest absolute Gasteiger partial charge is 0.369 e. The molecule has 0 aromatic heterocycles. The summed E-state index contributed by atoms with van der Waals surface area (Å²) >= 11 is 0. The fourth-order valence-corrected chi connectivity index (χ4v) is 4.40. The molecule has 0 bridgehead atoms. The zero-order valence-electron chi connectivity index (χ0n) is 13.2. The van der Waals surface area contributed by atoms with Gasteiger partial charge in [-0.25, -0.2) is 17.2 Å². The monoisotopic (exact) mass is 352 g/mol. The molecule has 1 fully saturated rings. The second-order valence-electron chi connectivity index (χ2n) is 5.78. The van der Waals surface area contributed by atoms with Gasteiger partial charge in [0.1, 0.15) is 11.6 Å².